The van der Waals surface area contributed by atoms with Crippen LogP contribution < -0.4 is 0 Å². The van der Waals surface area contributed by atoms with Crippen LogP contribution in [-0.2, 0) is 26.8 Å². The third kappa shape index (κ3) is 5.20. The molecule has 0 aliphatic heterocycles. The summed E-state index contributed by atoms with van der Waals surface area (Å²) in [6.45, 7) is 6.99. The molecule has 0 saturated heterocycles. The van der Waals surface area contributed by atoms with Gasteiger partial charge in [-0.3, -0.25) is 4.79 Å². The Kier molecular flexibility index (Phi) is 6.61. The summed E-state index contributed by atoms with van der Waals surface area (Å²) in [7, 11) is -3.25. The molecule has 0 atom stereocenters. The molecule has 5 nitrogen and oxygen atoms in total. The van der Waals surface area contributed by atoms with E-state index in [1.807, 2.05) is 20.8 Å². The highest BCUT2D eigenvalue weighted by Gasteiger charge is 2.18. The first kappa shape index (κ1) is 17.1. The molecular formula is C13H22N2O3S2. The van der Waals surface area contributed by atoms with Gasteiger partial charge in [0.1, 0.15) is 0 Å². The number of sulfone groups is 1. The molecule has 1 heterocycles. The summed E-state index contributed by atoms with van der Waals surface area (Å²) in [4.78, 5) is 18.4. The summed E-state index contributed by atoms with van der Waals surface area (Å²) in [5, 5.41) is 0.939. The van der Waals surface area contributed by atoms with Gasteiger partial charge in [0.25, 0.3) is 0 Å². The lowest BCUT2D eigenvalue weighted by molar-refractivity contribution is -0.130. The van der Waals surface area contributed by atoms with E-state index in [1.165, 1.54) is 11.3 Å². The molecule has 0 aliphatic rings. The first-order chi connectivity index (χ1) is 9.41. The fourth-order valence-electron chi connectivity index (χ4n) is 1.84. The summed E-state index contributed by atoms with van der Waals surface area (Å²) >= 11 is 1.42. The van der Waals surface area contributed by atoms with Gasteiger partial charge in [-0.05, 0) is 20.3 Å². The Bertz CT molecular complexity index is 534. The van der Waals surface area contributed by atoms with Crippen LogP contribution in [0.2, 0.25) is 0 Å². The number of carbonyl (C=O) groups excluding carboxylic acids is 1. The predicted octanol–water partition coefficient (Wildman–Crippen LogP) is 1.88. The maximum atomic E-state index is 12.0. The highest BCUT2D eigenvalue weighted by molar-refractivity contribution is 7.90. The highest BCUT2D eigenvalue weighted by Crippen LogP contribution is 2.17. The van der Waals surface area contributed by atoms with Crippen LogP contribution in [0.4, 0.5) is 0 Å². The van der Waals surface area contributed by atoms with Crippen LogP contribution in [0.25, 0.3) is 0 Å². The van der Waals surface area contributed by atoms with Crippen LogP contribution in [0.5, 0.6) is 0 Å². The van der Waals surface area contributed by atoms with Crippen molar-refractivity contribution in [2.24, 2.45) is 0 Å². The van der Waals surface area contributed by atoms with Crippen LogP contribution in [0.3, 0.4) is 0 Å². The van der Waals surface area contributed by atoms with E-state index in [4.69, 9.17) is 0 Å². The average Bonchev–Trinajstić information content (AvgIpc) is 2.85. The van der Waals surface area contributed by atoms with E-state index in [9.17, 15) is 13.2 Å². The topological polar surface area (TPSA) is 67.3 Å². The fourth-order valence-corrected chi connectivity index (χ4v) is 4.41. The molecule has 1 aromatic heterocycles. The lowest BCUT2D eigenvalue weighted by atomic mass is 10.4. The van der Waals surface area contributed by atoms with E-state index < -0.39 is 9.84 Å². The smallest absolute Gasteiger partial charge is 0.223 e. The molecule has 0 aliphatic carbocycles. The lowest BCUT2D eigenvalue weighted by Crippen LogP contribution is -2.31. The van der Waals surface area contributed by atoms with E-state index in [2.05, 4.69) is 4.98 Å². The predicted molar refractivity (Wildman–Crippen MR) is 81.5 cm³/mol. The molecule has 7 heteroatoms. The summed E-state index contributed by atoms with van der Waals surface area (Å²) < 4.78 is 24.0. The first-order valence-electron chi connectivity index (χ1n) is 6.83. The number of nitrogens with zero attached hydrogens (tertiary/aromatic N) is 2. The molecular weight excluding hydrogens is 296 g/mol. The zero-order chi connectivity index (χ0) is 15.2. The third-order valence-electron chi connectivity index (χ3n) is 3.01. The monoisotopic (exact) mass is 318 g/mol. The zero-order valence-corrected chi connectivity index (χ0v) is 13.9. The van der Waals surface area contributed by atoms with Crippen molar-refractivity contribution >= 4 is 27.1 Å². The number of amides is 1. The summed E-state index contributed by atoms with van der Waals surface area (Å²) in [6, 6.07) is 0. The average molecular weight is 318 g/mol. The molecule has 0 bridgehead atoms. The summed E-state index contributed by atoms with van der Waals surface area (Å²) in [5.74, 6) is -0.213. The Morgan fingerprint density at radius 1 is 1.30 bits per heavy atom. The number of hydrogen-bond donors (Lipinski definition) is 0. The second kappa shape index (κ2) is 7.73. The Morgan fingerprint density at radius 2 is 1.95 bits per heavy atom. The summed E-state index contributed by atoms with van der Waals surface area (Å²) in [6.07, 6.45) is 2.49. The maximum absolute atomic E-state index is 12.0. The first-order valence-corrected chi connectivity index (χ1v) is 9.47. The van der Waals surface area contributed by atoms with Crippen molar-refractivity contribution in [2.75, 3.05) is 18.8 Å². The molecule has 0 radical (unpaired) electrons. The van der Waals surface area contributed by atoms with Crippen molar-refractivity contribution in [3.63, 3.8) is 0 Å². The van der Waals surface area contributed by atoms with Crippen molar-refractivity contribution in [1.82, 2.24) is 9.88 Å². The Hall–Kier alpha value is -0.950. The largest absolute Gasteiger partial charge is 0.343 e. The molecule has 1 aromatic rings. The fraction of sp³-hybridized carbons (Fsp3) is 0.692. The summed E-state index contributed by atoms with van der Waals surface area (Å²) in [5.41, 5.74) is 0. The van der Waals surface area contributed by atoms with Gasteiger partial charge in [-0.1, -0.05) is 6.92 Å². The lowest BCUT2D eigenvalue weighted by Gasteiger charge is -2.18. The zero-order valence-electron chi connectivity index (χ0n) is 12.3. The van der Waals surface area contributed by atoms with Gasteiger partial charge in [-0.2, -0.15) is 0 Å². The minimum atomic E-state index is -3.25. The van der Waals surface area contributed by atoms with Gasteiger partial charge in [-0.25, -0.2) is 13.4 Å². The number of carbonyl (C=O) groups is 1. The van der Waals surface area contributed by atoms with Gasteiger partial charge in [-0.15, -0.1) is 11.3 Å². The van der Waals surface area contributed by atoms with E-state index in [0.29, 0.717) is 13.1 Å². The minimum absolute atomic E-state index is 0.0177. The molecule has 20 heavy (non-hydrogen) atoms. The quantitative estimate of drug-likeness (QED) is 0.734. The number of rotatable bonds is 8. The molecule has 0 fully saturated rings. The van der Waals surface area contributed by atoms with Gasteiger partial charge >= 0.3 is 0 Å². The van der Waals surface area contributed by atoms with Gasteiger partial charge in [0.05, 0.1) is 16.5 Å². The molecule has 114 valence electrons. The van der Waals surface area contributed by atoms with Crippen molar-refractivity contribution in [3.05, 3.63) is 16.1 Å². The molecule has 0 N–H and O–H groups in total. The Labute approximate surface area is 124 Å². The van der Waals surface area contributed by atoms with E-state index in [0.717, 1.165) is 16.3 Å². The van der Waals surface area contributed by atoms with E-state index >= 15 is 0 Å². The number of aromatic nitrogens is 1. The third-order valence-corrected chi connectivity index (χ3v) is 5.91. The van der Waals surface area contributed by atoms with Crippen molar-refractivity contribution in [1.29, 1.82) is 0 Å². The number of thiazole rings is 1. The van der Waals surface area contributed by atoms with Crippen LogP contribution in [0.1, 0.15) is 37.1 Å². The van der Waals surface area contributed by atoms with Crippen LogP contribution in [0.15, 0.2) is 6.20 Å². The van der Waals surface area contributed by atoms with Crippen molar-refractivity contribution in [3.8, 4) is 0 Å². The normalized spacial score (nSPS) is 11.6. The van der Waals surface area contributed by atoms with Crippen molar-refractivity contribution < 1.29 is 13.2 Å². The molecule has 0 aromatic carbocycles. The van der Waals surface area contributed by atoms with Gasteiger partial charge in [0.15, 0.2) is 9.84 Å². The number of hydrogen-bond acceptors (Lipinski definition) is 5. The van der Waals surface area contributed by atoms with Gasteiger partial charge < -0.3 is 4.90 Å². The second-order valence-corrected chi connectivity index (χ2v) is 7.87. The van der Waals surface area contributed by atoms with E-state index in [1.54, 1.807) is 11.1 Å². The van der Waals surface area contributed by atoms with Gasteiger partial charge in [0.2, 0.25) is 5.91 Å². The molecule has 0 spiro atoms. The molecule has 1 amide bonds. The SMILES string of the molecule is CCc1ncc(CS(=O)(=O)CCC(=O)N(CC)CC)s1. The standard InChI is InChI=1S/C13H22N2O3S2/c1-4-12-14-9-11(19-12)10-20(17,18)8-7-13(16)15(5-2)6-3/h9H,4-8,10H2,1-3H3. The van der Waals surface area contributed by atoms with Gasteiger partial charge in [0, 0.05) is 30.6 Å². The molecule has 0 unspecified atom stereocenters. The Morgan fingerprint density at radius 3 is 2.45 bits per heavy atom. The minimum Gasteiger partial charge on any atom is -0.343 e. The van der Waals surface area contributed by atoms with Crippen LogP contribution in [-0.4, -0.2) is 43.1 Å². The van der Waals surface area contributed by atoms with Crippen LogP contribution in [0, 0.1) is 0 Å². The Balaban J connectivity index is 2.55. The molecule has 0 saturated carbocycles. The van der Waals surface area contributed by atoms with Crippen molar-refractivity contribution in [2.45, 2.75) is 39.4 Å². The highest BCUT2D eigenvalue weighted by atomic mass is 32.2. The molecule has 1 rings (SSSR count). The van der Waals surface area contributed by atoms with Crippen LogP contribution >= 0.6 is 11.3 Å². The number of aryl methyl sites for hydroxylation is 1. The van der Waals surface area contributed by atoms with E-state index in [-0.39, 0.29) is 23.8 Å². The maximum Gasteiger partial charge on any atom is 0.223 e. The second-order valence-electron chi connectivity index (χ2n) is 4.48.